The van der Waals surface area contributed by atoms with Crippen molar-refractivity contribution in [2.75, 3.05) is 25.7 Å². The molecule has 0 spiro atoms. The predicted molar refractivity (Wildman–Crippen MR) is 145 cm³/mol. The van der Waals surface area contributed by atoms with E-state index in [1.165, 1.54) is 12.7 Å². The summed E-state index contributed by atoms with van der Waals surface area (Å²) in [7, 11) is 3.06. The molecule has 5 nitrogen and oxygen atoms in total. The van der Waals surface area contributed by atoms with Crippen molar-refractivity contribution in [3.63, 3.8) is 0 Å². The number of nitrogens with zero attached hydrogens (tertiary/aromatic N) is 1. The molecule has 0 saturated heterocycles. The summed E-state index contributed by atoms with van der Waals surface area (Å²) in [6.07, 6.45) is 5.50. The number of amides is 1. The molecule has 0 aliphatic carbocycles. The first-order valence-corrected chi connectivity index (χ1v) is 12.7. The summed E-state index contributed by atoms with van der Waals surface area (Å²) >= 11 is 6.19. The van der Waals surface area contributed by atoms with Gasteiger partial charge in [-0.1, -0.05) is 54.1 Å². The van der Waals surface area contributed by atoms with E-state index in [1.54, 1.807) is 30.1 Å². The van der Waals surface area contributed by atoms with Gasteiger partial charge in [0.05, 0.1) is 20.1 Å². The molecule has 0 N–H and O–H groups in total. The lowest BCUT2D eigenvalue weighted by atomic mass is 10.1. The number of benzene rings is 3. The standard InChI is InChI=1S/C30H34ClNO4/c1-32(26-15-18-28(31)25(21-26)22-30(34)35-2)29(33)19-14-24-12-16-27(17-13-24)36-20-8-4-7-11-23-9-5-3-6-10-23/h3,5-6,9-10,12-13,15-18,21H,4,7-8,11,14,19-20,22H2,1-2H3. The third-order valence-corrected chi connectivity index (χ3v) is 6.49. The minimum atomic E-state index is -0.376. The Balaban J connectivity index is 1.39. The molecule has 3 rings (SSSR count). The van der Waals surface area contributed by atoms with Gasteiger partial charge in [0, 0.05) is 24.2 Å². The second kappa shape index (κ2) is 14.3. The van der Waals surface area contributed by atoms with Crippen molar-refractivity contribution in [1.82, 2.24) is 0 Å². The first kappa shape index (κ1) is 27.3. The Kier molecular flexibility index (Phi) is 10.8. The van der Waals surface area contributed by atoms with Crippen LogP contribution in [0.1, 0.15) is 42.4 Å². The molecule has 0 atom stereocenters. The van der Waals surface area contributed by atoms with Crippen molar-refractivity contribution in [2.45, 2.75) is 44.9 Å². The van der Waals surface area contributed by atoms with Gasteiger partial charge in [-0.2, -0.15) is 0 Å². The minimum absolute atomic E-state index is 0.0165. The Bertz CT molecular complexity index is 1120. The van der Waals surface area contributed by atoms with Gasteiger partial charge in [-0.15, -0.1) is 0 Å². The number of hydrogen-bond donors (Lipinski definition) is 0. The number of ether oxygens (including phenoxy) is 2. The van der Waals surface area contributed by atoms with E-state index < -0.39 is 0 Å². The van der Waals surface area contributed by atoms with Gasteiger partial charge in [0.15, 0.2) is 0 Å². The maximum absolute atomic E-state index is 12.8. The van der Waals surface area contributed by atoms with E-state index in [-0.39, 0.29) is 18.3 Å². The molecule has 190 valence electrons. The Morgan fingerprint density at radius 2 is 1.58 bits per heavy atom. The number of carbonyl (C=O) groups excluding carboxylic acids is 2. The summed E-state index contributed by atoms with van der Waals surface area (Å²) in [4.78, 5) is 26.0. The average Bonchev–Trinajstić information content (AvgIpc) is 2.91. The molecule has 0 fully saturated rings. The molecule has 36 heavy (non-hydrogen) atoms. The number of aryl methyl sites for hydroxylation is 2. The van der Waals surface area contributed by atoms with Gasteiger partial charge in [0.2, 0.25) is 5.91 Å². The quantitative estimate of drug-likeness (QED) is 0.197. The Hall–Kier alpha value is -3.31. The molecule has 0 unspecified atom stereocenters. The monoisotopic (exact) mass is 507 g/mol. The number of anilines is 1. The highest BCUT2D eigenvalue weighted by molar-refractivity contribution is 6.31. The van der Waals surface area contributed by atoms with Crippen molar-refractivity contribution in [1.29, 1.82) is 0 Å². The topological polar surface area (TPSA) is 55.8 Å². The molecule has 0 bridgehead atoms. The van der Waals surface area contributed by atoms with E-state index in [0.29, 0.717) is 35.7 Å². The zero-order chi connectivity index (χ0) is 25.8. The Labute approximate surface area is 219 Å². The van der Waals surface area contributed by atoms with Gasteiger partial charge < -0.3 is 14.4 Å². The fourth-order valence-corrected chi connectivity index (χ4v) is 4.08. The molecule has 3 aromatic rings. The van der Waals surface area contributed by atoms with Crippen LogP contribution in [0.25, 0.3) is 0 Å². The van der Waals surface area contributed by atoms with Crippen LogP contribution >= 0.6 is 11.6 Å². The fraction of sp³-hybridized carbons (Fsp3) is 0.333. The molecular weight excluding hydrogens is 474 g/mol. The van der Waals surface area contributed by atoms with Gasteiger partial charge in [0.1, 0.15) is 5.75 Å². The lowest BCUT2D eigenvalue weighted by molar-refractivity contribution is -0.139. The van der Waals surface area contributed by atoms with Crippen molar-refractivity contribution in [3.05, 3.63) is 94.5 Å². The zero-order valence-corrected chi connectivity index (χ0v) is 21.8. The SMILES string of the molecule is COC(=O)Cc1cc(N(C)C(=O)CCc2ccc(OCCCCCc3ccccc3)cc2)ccc1Cl. The third kappa shape index (κ3) is 8.72. The largest absolute Gasteiger partial charge is 0.494 e. The van der Waals surface area contributed by atoms with E-state index in [9.17, 15) is 9.59 Å². The van der Waals surface area contributed by atoms with Crippen LogP contribution in [0.3, 0.4) is 0 Å². The molecule has 0 radical (unpaired) electrons. The fourth-order valence-electron chi connectivity index (χ4n) is 3.89. The van der Waals surface area contributed by atoms with E-state index in [0.717, 1.165) is 37.0 Å². The number of methoxy groups -OCH3 is 1. The summed E-state index contributed by atoms with van der Waals surface area (Å²) in [6.45, 7) is 0.705. The molecule has 1 amide bonds. The summed E-state index contributed by atoms with van der Waals surface area (Å²) in [5.41, 5.74) is 3.79. The number of carbonyl (C=O) groups is 2. The average molecular weight is 508 g/mol. The molecule has 0 aliphatic heterocycles. The van der Waals surface area contributed by atoms with Crippen molar-refractivity contribution < 1.29 is 19.1 Å². The van der Waals surface area contributed by atoms with Crippen LogP contribution in [-0.4, -0.2) is 32.6 Å². The number of esters is 1. The van der Waals surface area contributed by atoms with E-state index in [4.69, 9.17) is 21.1 Å². The first-order valence-electron chi connectivity index (χ1n) is 12.3. The predicted octanol–water partition coefficient (Wildman–Crippen LogP) is 6.44. The maximum Gasteiger partial charge on any atom is 0.310 e. The molecule has 3 aromatic carbocycles. The van der Waals surface area contributed by atoms with Gasteiger partial charge in [0.25, 0.3) is 0 Å². The van der Waals surface area contributed by atoms with Crippen LogP contribution in [-0.2, 0) is 33.6 Å². The minimum Gasteiger partial charge on any atom is -0.494 e. The second-order valence-electron chi connectivity index (χ2n) is 8.77. The van der Waals surface area contributed by atoms with Gasteiger partial charge in [-0.05, 0) is 79.1 Å². The van der Waals surface area contributed by atoms with Crippen LogP contribution in [0.4, 0.5) is 5.69 Å². The van der Waals surface area contributed by atoms with Gasteiger partial charge >= 0.3 is 5.97 Å². The van der Waals surface area contributed by atoms with Crippen LogP contribution in [0.15, 0.2) is 72.8 Å². The molecule has 0 saturated carbocycles. The number of rotatable bonds is 13. The zero-order valence-electron chi connectivity index (χ0n) is 21.0. The van der Waals surface area contributed by atoms with Crippen LogP contribution in [0, 0.1) is 0 Å². The summed E-state index contributed by atoms with van der Waals surface area (Å²) in [6, 6.07) is 23.7. The Morgan fingerprint density at radius 1 is 0.861 bits per heavy atom. The molecule has 0 aromatic heterocycles. The van der Waals surface area contributed by atoms with Crippen molar-refractivity contribution >= 4 is 29.2 Å². The normalized spacial score (nSPS) is 10.6. The summed E-state index contributed by atoms with van der Waals surface area (Å²) in [5.74, 6) is 0.459. The van der Waals surface area contributed by atoms with E-state index in [1.807, 2.05) is 30.3 Å². The van der Waals surface area contributed by atoms with Gasteiger partial charge in [-0.3, -0.25) is 9.59 Å². The highest BCUT2D eigenvalue weighted by Gasteiger charge is 2.14. The smallest absolute Gasteiger partial charge is 0.310 e. The second-order valence-corrected chi connectivity index (χ2v) is 9.18. The van der Waals surface area contributed by atoms with Gasteiger partial charge in [-0.25, -0.2) is 0 Å². The molecule has 0 aliphatic rings. The summed E-state index contributed by atoms with van der Waals surface area (Å²) < 4.78 is 10.6. The number of unbranched alkanes of at least 4 members (excludes halogenated alkanes) is 2. The number of halogens is 1. The maximum atomic E-state index is 12.8. The molecule has 0 heterocycles. The lowest BCUT2D eigenvalue weighted by Crippen LogP contribution is -2.26. The van der Waals surface area contributed by atoms with E-state index in [2.05, 4.69) is 24.3 Å². The first-order chi connectivity index (χ1) is 17.5. The Morgan fingerprint density at radius 3 is 2.31 bits per heavy atom. The third-order valence-electron chi connectivity index (χ3n) is 6.13. The molecular formula is C30H34ClNO4. The van der Waals surface area contributed by atoms with Crippen molar-refractivity contribution in [3.8, 4) is 5.75 Å². The lowest BCUT2D eigenvalue weighted by Gasteiger charge is -2.19. The molecule has 6 heteroatoms. The highest BCUT2D eigenvalue weighted by atomic mass is 35.5. The van der Waals surface area contributed by atoms with Crippen LogP contribution in [0.2, 0.25) is 5.02 Å². The van der Waals surface area contributed by atoms with Crippen LogP contribution in [0.5, 0.6) is 5.75 Å². The van der Waals surface area contributed by atoms with Crippen LogP contribution < -0.4 is 9.64 Å². The number of hydrogen-bond acceptors (Lipinski definition) is 4. The highest BCUT2D eigenvalue weighted by Crippen LogP contribution is 2.24. The summed E-state index contributed by atoms with van der Waals surface area (Å²) in [5, 5.41) is 0.472. The van der Waals surface area contributed by atoms with Crippen molar-refractivity contribution in [2.24, 2.45) is 0 Å². The van der Waals surface area contributed by atoms with E-state index >= 15 is 0 Å².